The van der Waals surface area contributed by atoms with Gasteiger partial charge in [0.15, 0.2) is 11.6 Å². The lowest BCUT2D eigenvalue weighted by Crippen LogP contribution is -2.01. The van der Waals surface area contributed by atoms with Crippen molar-refractivity contribution in [1.29, 1.82) is 0 Å². The minimum Gasteiger partial charge on any atom is -0.485 e. The lowest BCUT2D eigenvalue weighted by Gasteiger charge is -2.11. The van der Waals surface area contributed by atoms with Crippen molar-refractivity contribution in [3.8, 4) is 5.75 Å². The van der Waals surface area contributed by atoms with Crippen LogP contribution in [0.1, 0.15) is 11.1 Å². The van der Waals surface area contributed by atoms with Gasteiger partial charge in [0, 0.05) is 11.6 Å². The summed E-state index contributed by atoms with van der Waals surface area (Å²) >= 11 is 5.67. The summed E-state index contributed by atoms with van der Waals surface area (Å²) in [4.78, 5) is 0. The van der Waals surface area contributed by atoms with Crippen LogP contribution >= 0.6 is 11.6 Å². The average Bonchev–Trinajstić information content (AvgIpc) is 2.36. The minimum absolute atomic E-state index is 0.00201. The molecule has 0 aliphatic heterocycles. The third kappa shape index (κ3) is 3.41. The third-order valence-corrected chi connectivity index (χ3v) is 2.79. The molecule has 19 heavy (non-hydrogen) atoms. The molecule has 0 aliphatic rings. The number of para-hydroxylation sites is 1. The first-order valence-corrected chi connectivity index (χ1v) is 6.04. The van der Waals surface area contributed by atoms with Gasteiger partial charge in [0.2, 0.25) is 0 Å². The van der Waals surface area contributed by atoms with E-state index in [0.717, 1.165) is 18.2 Å². The highest BCUT2D eigenvalue weighted by Crippen LogP contribution is 2.25. The van der Waals surface area contributed by atoms with Gasteiger partial charge >= 0.3 is 0 Å². The van der Waals surface area contributed by atoms with Crippen molar-refractivity contribution in [3.05, 3.63) is 65.0 Å². The smallest absolute Gasteiger partial charge is 0.165 e. The lowest BCUT2D eigenvalue weighted by atomic mass is 10.2. The Morgan fingerprint density at radius 3 is 2.32 bits per heavy atom. The molecule has 0 N–H and O–H groups in total. The summed E-state index contributed by atoms with van der Waals surface area (Å²) in [5, 5.41) is 0. The highest BCUT2D eigenvalue weighted by atomic mass is 35.5. The number of ether oxygens (including phenoxy) is 1. The summed E-state index contributed by atoms with van der Waals surface area (Å²) in [5.41, 5.74) is 0.764. The van der Waals surface area contributed by atoms with Crippen molar-refractivity contribution in [3.63, 3.8) is 0 Å². The van der Waals surface area contributed by atoms with E-state index < -0.39 is 17.5 Å². The van der Waals surface area contributed by atoms with Crippen LogP contribution in [-0.4, -0.2) is 0 Å². The Hall–Kier alpha value is -1.68. The number of hydrogen-bond acceptors (Lipinski definition) is 1. The number of halogens is 4. The predicted octanol–water partition coefficient (Wildman–Crippen LogP) is 4.42. The SMILES string of the molecule is Fc1cc(F)cc(COc2c(F)cccc2CCl)c1. The molecule has 2 aromatic rings. The van der Waals surface area contributed by atoms with Crippen LogP contribution in [0.25, 0.3) is 0 Å². The predicted molar refractivity (Wildman–Crippen MR) is 66.6 cm³/mol. The molecular weight excluding hydrogens is 277 g/mol. The topological polar surface area (TPSA) is 9.23 Å². The van der Waals surface area contributed by atoms with Crippen molar-refractivity contribution in [2.45, 2.75) is 12.5 Å². The second-order valence-electron chi connectivity index (χ2n) is 3.93. The maximum absolute atomic E-state index is 13.6. The first-order chi connectivity index (χ1) is 9.10. The Balaban J connectivity index is 2.18. The van der Waals surface area contributed by atoms with E-state index in [-0.39, 0.29) is 23.8 Å². The van der Waals surface area contributed by atoms with E-state index >= 15 is 0 Å². The maximum Gasteiger partial charge on any atom is 0.165 e. The van der Waals surface area contributed by atoms with Gasteiger partial charge in [0.1, 0.15) is 18.2 Å². The van der Waals surface area contributed by atoms with Gasteiger partial charge in [-0.2, -0.15) is 0 Å². The summed E-state index contributed by atoms with van der Waals surface area (Å²) < 4.78 is 44.8. The molecule has 1 nitrogen and oxygen atoms in total. The molecular formula is C14H10ClF3O. The molecule has 0 saturated heterocycles. The molecule has 0 amide bonds. The Kier molecular flexibility index (Phi) is 4.32. The quantitative estimate of drug-likeness (QED) is 0.756. The van der Waals surface area contributed by atoms with Gasteiger partial charge in [0.25, 0.3) is 0 Å². The van der Waals surface area contributed by atoms with Gasteiger partial charge in [-0.1, -0.05) is 12.1 Å². The first kappa shape index (κ1) is 13.7. The first-order valence-electron chi connectivity index (χ1n) is 5.51. The summed E-state index contributed by atoms with van der Waals surface area (Å²) in [7, 11) is 0. The van der Waals surface area contributed by atoms with Crippen molar-refractivity contribution < 1.29 is 17.9 Å². The van der Waals surface area contributed by atoms with E-state index in [1.807, 2.05) is 0 Å². The van der Waals surface area contributed by atoms with Crippen LogP contribution in [-0.2, 0) is 12.5 Å². The zero-order chi connectivity index (χ0) is 13.8. The van der Waals surface area contributed by atoms with E-state index in [1.54, 1.807) is 6.07 Å². The Morgan fingerprint density at radius 1 is 1.00 bits per heavy atom. The van der Waals surface area contributed by atoms with Gasteiger partial charge in [0.05, 0.1) is 5.88 Å². The van der Waals surface area contributed by atoms with Crippen LogP contribution in [0.2, 0.25) is 0 Å². The van der Waals surface area contributed by atoms with Gasteiger partial charge in [-0.15, -0.1) is 11.6 Å². The standard InChI is InChI=1S/C14H10ClF3O/c15-7-10-2-1-3-13(18)14(10)19-8-9-4-11(16)6-12(17)5-9/h1-6H,7-8H2. The monoisotopic (exact) mass is 286 g/mol. The summed E-state index contributed by atoms with van der Waals surface area (Å²) in [6.07, 6.45) is 0. The molecule has 0 saturated carbocycles. The number of alkyl halides is 1. The highest BCUT2D eigenvalue weighted by Gasteiger charge is 2.10. The van der Waals surface area contributed by atoms with Gasteiger partial charge in [-0.25, -0.2) is 13.2 Å². The molecule has 0 aliphatic carbocycles. The number of benzene rings is 2. The van der Waals surface area contributed by atoms with E-state index in [4.69, 9.17) is 16.3 Å². The van der Waals surface area contributed by atoms with E-state index in [2.05, 4.69) is 0 Å². The summed E-state index contributed by atoms with van der Waals surface area (Å²) in [5.74, 6) is -1.88. The molecule has 0 spiro atoms. The molecule has 0 bridgehead atoms. The highest BCUT2D eigenvalue weighted by molar-refractivity contribution is 6.17. The van der Waals surface area contributed by atoms with Crippen molar-refractivity contribution in [2.24, 2.45) is 0 Å². The Morgan fingerprint density at radius 2 is 1.68 bits per heavy atom. The molecule has 2 aromatic carbocycles. The largest absolute Gasteiger partial charge is 0.485 e. The molecule has 0 aromatic heterocycles. The molecule has 2 rings (SSSR count). The van der Waals surface area contributed by atoms with Crippen LogP contribution in [0.3, 0.4) is 0 Å². The second kappa shape index (κ2) is 5.97. The fourth-order valence-corrected chi connectivity index (χ4v) is 1.88. The molecule has 0 fully saturated rings. The van der Waals surface area contributed by atoms with Crippen LogP contribution < -0.4 is 4.74 Å². The fourth-order valence-electron chi connectivity index (χ4n) is 1.67. The van der Waals surface area contributed by atoms with Crippen LogP contribution in [0, 0.1) is 17.5 Å². The Bertz CT molecular complexity index is 567. The third-order valence-electron chi connectivity index (χ3n) is 2.50. The van der Waals surface area contributed by atoms with Crippen molar-refractivity contribution in [1.82, 2.24) is 0 Å². The van der Waals surface area contributed by atoms with E-state index in [9.17, 15) is 13.2 Å². The van der Waals surface area contributed by atoms with Crippen molar-refractivity contribution >= 4 is 11.6 Å². The average molecular weight is 287 g/mol. The molecule has 5 heteroatoms. The summed E-state index contributed by atoms with van der Waals surface area (Å²) in [6, 6.07) is 7.39. The zero-order valence-corrected chi connectivity index (χ0v) is 10.6. The molecule has 0 unspecified atom stereocenters. The second-order valence-corrected chi connectivity index (χ2v) is 4.20. The minimum atomic E-state index is -0.704. The van der Waals surface area contributed by atoms with Crippen LogP contribution in [0.5, 0.6) is 5.75 Å². The van der Waals surface area contributed by atoms with Gasteiger partial charge < -0.3 is 4.74 Å². The number of hydrogen-bond donors (Lipinski definition) is 0. The molecule has 100 valence electrons. The van der Waals surface area contributed by atoms with Crippen LogP contribution in [0.15, 0.2) is 36.4 Å². The number of rotatable bonds is 4. The van der Waals surface area contributed by atoms with E-state index in [0.29, 0.717) is 5.56 Å². The van der Waals surface area contributed by atoms with Crippen LogP contribution in [0.4, 0.5) is 13.2 Å². The zero-order valence-electron chi connectivity index (χ0n) is 9.80. The molecule has 0 atom stereocenters. The van der Waals surface area contributed by atoms with E-state index in [1.165, 1.54) is 12.1 Å². The lowest BCUT2D eigenvalue weighted by molar-refractivity contribution is 0.286. The maximum atomic E-state index is 13.6. The normalized spacial score (nSPS) is 10.5. The molecule has 0 radical (unpaired) electrons. The fraction of sp³-hybridized carbons (Fsp3) is 0.143. The van der Waals surface area contributed by atoms with Gasteiger partial charge in [-0.3, -0.25) is 0 Å². The molecule has 0 heterocycles. The summed E-state index contributed by atoms with van der Waals surface area (Å²) in [6.45, 7) is -0.139. The van der Waals surface area contributed by atoms with Crippen molar-refractivity contribution in [2.75, 3.05) is 0 Å². The Labute approximate surface area is 113 Å². The van der Waals surface area contributed by atoms with Gasteiger partial charge in [-0.05, 0) is 23.8 Å².